The van der Waals surface area contributed by atoms with Gasteiger partial charge in [-0.15, -0.1) is 4.58 Å². The molecule has 144 valence electrons. The van der Waals surface area contributed by atoms with Crippen molar-refractivity contribution < 1.29 is 14.2 Å². The summed E-state index contributed by atoms with van der Waals surface area (Å²) in [5.74, 6) is -0.235. The normalized spacial score (nSPS) is 23.4. The first-order chi connectivity index (χ1) is 13.6. The van der Waals surface area contributed by atoms with Crippen molar-refractivity contribution in [3.8, 4) is 0 Å². The standard InChI is InChI=1S/C22H21ClN2O2S/c23-16-7-5-6-15(12-16)13-20-22(27)25(18-10-3-4-11-19(18)28-20)14-21(26)24-17-8-1-2-9-17/h3-7,10-13,17,19H,1-2,8-9,14H2/p+1/b20-13+. The van der Waals surface area contributed by atoms with Crippen molar-refractivity contribution in [1.29, 1.82) is 0 Å². The molecule has 4 nitrogen and oxygen atoms in total. The highest BCUT2D eigenvalue weighted by Crippen LogP contribution is 2.33. The molecule has 28 heavy (non-hydrogen) atoms. The molecule has 0 spiro atoms. The van der Waals surface area contributed by atoms with E-state index in [1.54, 1.807) is 10.6 Å². The number of rotatable bonds is 4. The number of amides is 2. The van der Waals surface area contributed by atoms with E-state index >= 15 is 0 Å². The lowest BCUT2D eigenvalue weighted by Crippen LogP contribution is -2.45. The second-order valence-electron chi connectivity index (χ2n) is 7.21. The van der Waals surface area contributed by atoms with E-state index in [1.807, 2.05) is 42.5 Å². The minimum absolute atomic E-state index is 0.0208. The Labute approximate surface area is 174 Å². The molecule has 1 aliphatic heterocycles. The highest BCUT2D eigenvalue weighted by atomic mass is 35.5. The molecule has 6 heteroatoms. The van der Waals surface area contributed by atoms with Crippen LogP contribution in [0.1, 0.15) is 31.2 Å². The second-order valence-corrected chi connectivity index (χ2v) is 8.83. The van der Waals surface area contributed by atoms with E-state index in [4.69, 9.17) is 11.6 Å². The summed E-state index contributed by atoms with van der Waals surface area (Å²) in [7, 11) is 0. The second kappa shape index (κ2) is 8.50. The van der Waals surface area contributed by atoms with E-state index < -0.39 is 0 Å². The fourth-order valence-corrected chi connectivity index (χ4v) is 5.17. The minimum atomic E-state index is -0.141. The van der Waals surface area contributed by atoms with Crippen molar-refractivity contribution in [2.24, 2.45) is 0 Å². The summed E-state index contributed by atoms with van der Waals surface area (Å²) in [6.45, 7) is 0.0484. The van der Waals surface area contributed by atoms with Crippen molar-refractivity contribution >= 4 is 47.0 Å². The average Bonchev–Trinajstić information content (AvgIpc) is 3.18. The molecule has 4 rings (SSSR count). The third-order valence-corrected chi connectivity index (χ3v) is 6.58. The molecular weight excluding hydrogens is 392 g/mol. The van der Waals surface area contributed by atoms with Gasteiger partial charge in [-0.25, -0.2) is 4.79 Å². The molecule has 1 saturated carbocycles. The molecule has 1 unspecified atom stereocenters. The minimum Gasteiger partial charge on any atom is -0.348 e. The monoisotopic (exact) mass is 413 g/mol. The summed E-state index contributed by atoms with van der Waals surface area (Å²) in [6.07, 6.45) is 14.1. The van der Waals surface area contributed by atoms with Crippen LogP contribution in [0, 0.1) is 0 Å². The van der Waals surface area contributed by atoms with Crippen LogP contribution in [0.15, 0.2) is 53.5 Å². The van der Waals surface area contributed by atoms with Crippen LogP contribution in [0.3, 0.4) is 0 Å². The molecule has 3 aliphatic rings. The van der Waals surface area contributed by atoms with Crippen LogP contribution in [0.25, 0.3) is 6.08 Å². The fourth-order valence-electron chi connectivity index (χ4n) is 3.79. The Hall–Kier alpha value is -2.11. The summed E-state index contributed by atoms with van der Waals surface area (Å²) in [4.78, 5) is 26.4. The third-order valence-electron chi connectivity index (χ3n) is 5.15. The smallest absolute Gasteiger partial charge is 0.348 e. The molecule has 0 saturated heterocycles. The third kappa shape index (κ3) is 4.31. The summed E-state index contributed by atoms with van der Waals surface area (Å²) in [6, 6.07) is 7.65. The van der Waals surface area contributed by atoms with E-state index in [1.165, 1.54) is 11.8 Å². The fraction of sp³-hybridized carbons (Fsp3) is 0.318. The number of allylic oxidation sites excluding steroid dienone is 3. The average molecular weight is 414 g/mol. The lowest BCUT2D eigenvalue weighted by Gasteiger charge is -2.21. The van der Waals surface area contributed by atoms with Crippen molar-refractivity contribution in [1.82, 2.24) is 5.32 Å². The zero-order valence-corrected chi connectivity index (χ0v) is 17.0. The number of carbonyl (C=O) groups excluding carboxylic acids is 2. The van der Waals surface area contributed by atoms with Gasteiger partial charge < -0.3 is 5.32 Å². The summed E-state index contributed by atoms with van der Waals surface area (Å²) < 4.78 is 1.61. The van der Waals surface area contributed by atoms with E-state index in [0.29, 0.717) is 9.93 Å². The molecule has 0 radical (unpaired) electrons. The molecule has 1 fully saturated rings. The predicted molar refractivity (Wildman–Crippen MR) is 115 cm³/mol. The molecule has 2 amide bonds. The Bertz CT molecular complexity index is 926. The van der Waals surface area contributed by atoms with Gasteiger partial charge in [0, 0.05) is 17.1 Å². The first-order valence-corrected chi connectivity index (χ1v) is 10.8. The van der Waals surface area contributed by atoms with Gasteiger partial charge in [-0.3, -0.25) is 4.79 Å². The zero-order chi connectivity index (χ0) is 19.5. The van der Waals surface area contributed by atoms with Gasteiger partial charge in [-0.1, -0.05) is 66.6 Å². The Morgan fingerprint density at radius 2 is 2.11 bits per heavy atom. The number of benzene rings is 1. The van der Waals surface area contributed by atoms with Gasteiger partial charge in [0.05, 0.1) is 0 Å². The number of fused-ring (bicyclic) bond motifs is 1. The van der Waals surface area contributed by atoms with Gasteiger partial charge in [-0.2, -0.15) is 0 Å². The first-order valence-electron chi connectivity index (χ1n) is 9.57. The van der Waals surface area contributed by atoms with Crippen molar-refractivity contribution in [3.63, 3.8) is 0 Å². The van der Waals surface area contributed by atoms with Gasteiger partial charge in [0.25, 0.3) is 5.91 Å². The largest absolute Gasteiger partial charge is 0.426 e. The molecule has 1 N–H and O–H groups in total. The molecule has 1 aromatic rings. The summed E-state index contributed by atoms with van der Waals surface area (Å²) in [5, 5.41) is 3.73. The SMILES string of the molecule is O=C(C[N+]1=C2C=CC=CC2S/C(=C/c2cccc(Cl)c2)C1=O)NC1CCCC1. The molecule has 2 aliphatic carbocycles. The number of thioether (sulfide) groups is 1. The van der Waals surface area contributed by atoms with Crippen LogP contribution in [0.5, 0.6) is 0 Å². The molecule has 1 atom stereocenters. The molecular formula is C22H22ClN2O2S+. The number of carbonyl (C=O) groups is 2. The highest BCUT2D eigenvalue weighted by molar-refractivity contribution is 8.05. The molecule has 0 bridgehead atoms. The maximum absolute atomic E-state index is 13.2. The van der Waals surface area contributed by atoms with Gasteiger partial charge in [0.15, 0.2) is 0 Å². The van der Waals surface area contributed by atoms with E-state index in [9.17, 15) is 9.59 Å². The Balaban J connectivity index is 1.61. The maximum atomic E-state index is 13.2. The Morgan fingerprint density at radius 3 is 2.89 bits per heavy atom. The van der Waals surface area contributed by atoms with Crippen LogP contribution in [-0.4, -0.2) is 39.9 Å². The Morgan fingerprint density at radius 1 is 1.29 bits per heavy atom. The first kappa shape index (κ1) is 19.2. The molecule has 1 aromatic carbocycles. The quantitative estimate of drug-likeness (QED) is 0.600. The van der Waals surface area contributed by atoms with Crippen LogP contribution in [0.4, 0.5) is 0 Å². The number of hydrogen-bond donors (Lipinski definition) is 1. The van der Waals surface area contributed by atoms with Crippen LogP contribution in [0.2, 0.25) is 5.02 Å². The highest BCUT2D eigenvalue weighted by Gasteiger charge is 2.39. The van der Waals surface area contributed by atoms with E-state index in [-0.39, 0.29) is 29.7 Å². The Kier molecular flexibility index (Phi) is 5.83. The lowest BCUT2D eigenvalue weighted by atomic mass is 10.1. The lowest BCUT2D eigenvalue weighted by molar-refractivity contribution is -0.434. The summed E-state index contributed by atoms with van der Waals surface area (Å²) in [5.41, 5.74) is 1.74. The van der Waals surface area contributed by atoms with E-state index in [0.717, 1.165) is 37.0 Å². The number of halogens is 1. The molecule has 0 aromatic heterocycles. The topological polar surface area (TPSA) is 49.2 Å². The number of nitrogens with one attached hydrogen (secondary N) is 1. The zero-order valence-electron chi connectivity index (χ0n) is 15.4. The predicted octanol–water partition coefficient (Wildman–Crippen LogP) is 3.96. The molecule has 1 heterocycles. The van der Waals surface area contributed by atoms with Crippen molar-refractivity contribution in [2.45, 2.75) is 37.0 Å². The van der Waals surface area contributed by atoms with Crippen LogP contribution < -0.4 is 5.32 Å². The maximum Gasteiger partial charge on any atom is 0.426 e. The van der Waals surface area contributed by atoms with Gasteiger partial charge in [0.2, 0.25) is 12.3 Å². The van der Waals surface area contributed by atoms with Crippen molar-refractivity contribution in [3.05, 3.63) is 64.1 Å². The van der Waals surface area contributed by atoms with Gasteiger partial charge in [-0.05, 0) is 36.6 Å². The van der Waals surface area contributed by atoms with Gasteiger partial charge >= 0.3 is 5.91 Å². The van der Waals surface area contributed by atoms with Crippen LogP contribution >= 0.6 is 23.4 Å². The summed E-state index contributed by atoms with van der Waals surface area (Å²) >= 11 is 7.59. The number of nitrogens with zero attached hydrogens (tertiary/aromatic N) is 1. The number of hydrogen-bond acceptors (Lipinski definition) is 3. The van der Waals surface area contributed by atoms with E-state index in [2.05, 4.69) is 11.4 Å². The van der Waals surface area contributed by atoms with Crippen molar-refractivity contribution in [2.75, 3.05) is 6.54 Å². The van der Waals surface area contributed by atoms with Crippen LogP contribution in [-0.2, 0) is 9.59 Å². The van der Waals surface area contributed by atoms with Gasteiger partial charge in [0.1, 0.15) is 10.2 Å².